The molecule has 1 amide bonds. The molecule has 1 atom stereocenters. The number of aliphatic hydroxyl groups is 1. The summed E-state index contributed by atoms with van der Waals surface area (Å²) in [5.74, 6) is -0.0700. The summed E-state index contributed by atoms with van der Waals surface area (Å²) >= 11 is 0. The number of benzene rings is 1. The molecule has 4 heteroatoms. The topological polar surface area (TPSA) is 61.4 Å². The van der Waals surface area contributed by atoms with E-state index >= 15 is 0 Å². The lowest BCUT2D eigenvalue weighted by Gasteiger charge is -2.08. The van der Waals surface area contributed by atoms with Crippen LogP contribution < -0.4 is 10.6 Å². The Bertz CT molecular complexity index is 312. The molecule has 0 fully saturated rings. The predicted octanol–water partition coefficient (Wildman–Crippen LogP) is 0.387. The minimum Gasteiger partial charge on any atom is -0.392 e. The summed E-state index contributed by atoms with van der Waals surface area (Å²) in [7, 11) is 0. The second-order valence-electron chi connectivity index (χ2n) is 3.68. The van der Waals surface area contributed by atoms with E-state index < -0.39 is 0 Å². The number of hydrogen-bond donors (Lipinski definition) is 3. The lowest BCUT2D eigenvalue weighted by molar-refractivity contribution is 0.0953. The van der Waals surface area contributed by atoms with Crippen LogP contribution >= 0.6 is 0 Å². The van der Waals surface area contributed by atoms with E-state index in [4.69, 9.17) is 5.11 Å². The Balaban J connectivity index is 2.16. The van der Waals surface area contributed by atoms with Crippen molar-refractivity contribution >= 4 is 5.91 Å². The first-order chi connectivity index (χ1) is 7.70. The summed E-state index contributed by atoms with van der Waals surface area (Å²) in [6.45, 7) is 3.47. The van der Waals surface area contributed by atoms with Crippen LogP contribution in [0, 0.1) is 0 Å². The lowest BCUT2D eigenvalue weighted by Crippen LogP contribution is -2.34. The van der Waals surface area contributed by atoms with Crippen LogP contribution in [-0.4, -0.2) is 36.8 Å². The van der Waals surface area contributed by atoms with Gasteiger partial charge in [0.15, 0.2) is 0 Å². The van der Waals surface area contributed by atoms with E-state index in [2.05, 4.69) is 10.6 Å². The molecule has 3 N–H and O–H groups in total. The number of hydrogen-bond acceptors (Lipinski definition) is 3. The van der Waals surface area contributed by atoms with Crippen molar-refractivity contribution in [3.63, 3.8) is 0 Å². The predicted molar refractivity (Wildman–Crippen MR) is 63.3 cm³/mol. The van der Waals surface area contributed by atoms with Gasteiger partial charge in [0.25, 0.3) is 5.91 Å². The smallest absolute Gasteiger partial charge is 0.251 e. The molecule has 1 rings (SSSR count). The van der Waals surface area contributed by atoms with Crippen LogP contribution in [0.2, 0.25) is 0 Å². The Labute approximate surface area is 95.7 Å². The Morgan fingerprint density at radius 1 is 1.31 bits per heavy atom. The Morgan fingerprint density at radius 2 is 2.00 bits per heavy atom. The molecule has 0 spiro atoms. The summed E-state index contributed by atoms with van der Waals surface area (Å²) in [5.41, 5.74) is 0.665. The van der Waals surface area contributed by atoms with Gasteiger partial charge in [-0.05, 0) is 19.1 Å². The third-order valence-electron chi connectivity index (χ3n) is 2.06. The Morgan fingerprint density at radius 3 is 2.62 bits per heavy atom. The van der Waals surface area contributed by atoms with Gasteiger partial charge in [0.1, 0.15) is 0 Å². The van der Waals surface area contributed by atoms with Crippen LogP contribution in [0.15, 0.2) is 30.3 Å². The zero-order valence-corrected chi connectivity index (χ0v) is 9.44. The van der Waals surface area contributed by atoms with E-state index in [0.717, 1.165) is 0 Å². The molecule has 1 unspecified atom stereocenters. The summed E-state index contributed by atoms with van der Waals surface area (Å²) in [4.78, 5) is 11.6. The van der Waals surface area contributed by atoms with Crippen molar-refractivity contribution in [3.8, 4) is 0 Å². The fraction of sp³-hybridized carbons (Fsp3) is 0.417. The van der Waals surface area contributed by atoms with Gasteiger partial charge in [-0.15, -0.1) is 0 Å². The summed E-state index contributed by atoms with van der Waals surface area (Å²) < 4.78 is 0. The summed E-state index contributed by atoms with van der Waals surface area (Å²) in [6, 6.07) is 9.10. The van der Waals surface area contributed by atoms with E-state index in [-0.39, 0.29) is 12.0 Å². The van der Waals surface area contributed by atoms with Gasteiger partial charge >= 0.3 is 0 Å². The molecule has 0 aromatic heterocycles. The van der Waals surface area contributed by atoms with E-state index in [9.17, 15) is 4.79 Å². The normalized spacial score (nSPS) is 12.1. The molecular weight excluding hydrogens is 204 g/mol. The molecule has 1 aromatic rings. The second kappa shape index (κ2) is 6.98. The number of carbonyl (C=O) groups is 1. The summed E-state index contributed by atoms with van der Waals surface area (Å²) in [5, 5.41) is 14.8. The van der Waals surface area contributed by atoms with Crippen molar-refractivity contribution in [1.82, 2.24) is 10.6 Å². The van der Waals surface area contributed by atoms with Gasteiger partial charge in [0.2, 0.25) is 0 Å². The minimum atomic E-state index is -0.357. The molecule has 4 nitrogen and oxygen atoms in total. The van der Waals surface area contributed by atoms with Gasteiger partial charge in [-0.3, -0.25) is 4.79 Å². The molecule has 0 aliphatic carbocycles. The maximum atomic E-state index is 11.6. The highest BCUT2D eigenvalue weighted by Crippen LogP contribution is 1.96. The number of rotatable bonds is 6. The second-order valence-corrected chi connectivity index (χ2v) is 3.68. The van der Waals surface area contributed by atoms with Crippen LogP contribution in [0.5, 0.6) is 0 Å². The van der Waals surface area contributed by atoms with Crippen LogP contribution in [0.3, 0.4) is 0 Å². The van der Waals surface area contributed by atoms with Crippen molar-refractivity contribution in [1.29, 1.82) is 0 Å². The molecule has 0 heterocycles. The van der Waals surface area contributed by atoms with Gasteiger partial charge in [0.05, 0.1) is 6.10 Å². The van der Waals surface area contributed by atoms with Crippen LogP contribution in [0.25, 0.3) is 0 Å². The van der Waals surface area contributed by atoms with Gasteiger partial charge in [-0.25, -0.2) is 0 Å². The number of nitrogens with one attached hydrogen (secondary N) is 2. The van der Waals surface area contributed by atoms with Crippen LogP contribution in [-0.2, 0) is 0 Å². The molecule has 0 bridgehead atoms. The van der Waals surface area contributed by atoms with Crippen molar-refractivity contribution in [2.24, 2.45) is 0 Å². The maximum absolute atomic E-state index is 11.6. The Hall–Kier alpha value is -1.39. The molecule has 16 heavy (non-hydrogen) atoms. The maximum Gasteiger partial charge on any atom is 0.251 e. The molecule has 0 radical (unpaired) electrons. The van der Waals surface area contributed by atoms with E-state index in [1.807, 2.05) is 18.2 Å². The highest BCUT2D eigenvalue weighted by atomic mass is 16.3. The van der Waals surface area contributed by atoms with E-state index in [1.165, 1.54) is 0 Å². The quantitative estimate of drug-likeness (QED) is 0.610. The molecule has 88 valence electrons. The molecule has 0 saturated heterocycles. The third-order valence-corrected chi connectivity index (χ3v) is 2.06. The first-order valence-electron chi connectivity index (χ1n) is 5.42. The highest BCUT2D eigenvalue weighted by Gasteiger charge is 2.02. The zero-order valence-electron chi connectivity index (χ0n) is 9.44. The molecule has 0 aliphatic heterocycles. The molecule has 1 aromatic carbocycles. The van der Waals surface area contributed by atoms with Gasteiger partial charge in [-0.2, -0.15) is 0 Å². The van der Waals surface area contributed by atoms with Gasteiger partial charge in [-0.1, -0.05) is 18.2 Å². The first-order valence-corrected chi connectivity index (χ1v) is 5.42. The Kier molecular flexibility index (Phi) is 5.53. The average Bonchev–Trinajstić information content (AvgIpc) is 2.29. The number of aliphatic hydroxyl groups excluding tert-OH is 1. The largest absolute Gasteiger partial charge is 0.392 e. The molecule has 0 aliphatic rings. The fourth-order valence-corrected chi connectivity index (χ4v) is 1.27. The van der Waals surface area contributed by atoms with Crippen molar-refractivity contribution < 1.29 is 9.90 Å². The van der Waals surface area contributed by atoms with E-state index in [1.54, 1.807) is 19.1 Å². The van der Waals surface area contributed by atoms with Gasteiger partial charge < -0.3 is 15.7 Å². The summed E-state index contributed by atoms with van der Waals surface area (Å²) in [6.07, 6.45) is -0.357. The number of carbonyl (C=O) groups excluding carboxylic acids is 1. The van der Waals surface area contributed by atoms with Crippen molar-refractivity contribution in [2.75, 3.05) is 19.6 Å². The molecule has 0 saturated carbocycles. The van der Waals surface area contributed by atoms with Crippen LogP contribution in [0.1, 0.15) is 17.3 Å². The lowest BCUT2D eigenvalue weighted by atomic mass is 10.2. The van der Waals surface area contributed by atoms with Gasteiger partial charge in [0, 0.05) is 25.2 Å². The number of amides is 1. The zero-order chi connectivity index (χ0) is 11.8. The minimum absolute atomic E-state index is 0.0700. The highest BCUT2D eigenvalue weighted by molar-refractivity contribution is 5.94. The van der Waals surface area contributed by atoms with Crippen molar-refractivity contribution in [2.45, 2.75) is 13.0 Å². The van der Waals surface area contributed by atoms with Crippen LogP contribution in [0.4, 0.5) is 0 Å². The first kappa shape index (κ1) is 12.7. The molecular formula is C12H18N2O2. The average molecular weight is 222 g/mol. The SMILES string of the molecule is CC(O)CNCCNC(=O)c1ccccc1. The standard InChI is InChI=1S/C12H18N2O2/c1-10(15)9-13-7-8-14-12(16)11-5-3-2-4-6-11/h2-6,10,13,15H,7-9H2,1H3,(H,14,16). The van der Waals surface area contributed by atoms with Crippen molar-refractivity contribution in [3.05, 3.63) is 35.9 Å². The van der Waals surface area contributed by atoms with E-state index in [0.29, 0.717) is 25.2 Å². The third kappa shape index (κ3) is 4.91. The fourth-order valence-electron chi connectivity index (χ4n) is 1.27. The monoisotopic (exact) mass is 222 g/mol.